The minimum Gasteiger partial charge on any atom is -0.444 e. The van der Waals surface area contributed by atoms with Gasteiger partial charge in [0.1, 0.15) is 5.60 Å². The molecule has 0 saturated heterocycles. The molecule has 0 spiro atoms. The molecule has 1 aromatic rings. The molecule has 116 valence electrons. The number of nitrogens with one attached hydrogen (secondary N) is 1. The van der Waals surface area contributed by atoms with Gasteiger partial charge in [-0.2, -0.15) is 0 Å². The van der Waals surface area contributed by atoms with Gasteiger partial charge in [0.15, 0.2) is 0 Å². The van der Waals surface area contributed by atoms with Crippen molar-refractivity contribution in [3.05, 3.63) is 48.6 Å². The van der Waals surface area contributed by atoms with E-state index in [1.807, 2.05) is 51.1 Å². The molecule has 1 aromatic carbocycles. The van der Waals surface area contributed by atoms with Crippen molar-refractivity contribution in [2.24, 2.45) is 0 Å². The fourth-order valence-electron chi connectivity index (χ4n) is 1.82. The van der Waals surface area contributed by atoms with Crippen LogP contribution in [0.3, 0.4) is 0 Å². The molecule has 0 heterocycles. The maximum atomic E-state index is 11.9. The Kier molecular flexibility index (Phi) is 6.96. The molecule has 0 saturated carbocycles. The van der Waals surface area contributed by atoms with Crippen molar-refractivity contribution >= 4 is 6.09 Å². The lowest BCUT2D eigenvalue weighted by Gasteiger charge is -2.23. The molecule has 0 radical (unpaired) electrons. The van der Waals surface area contributed by atoms with Crippen LogP contribution >= 0.6 is 0 Å². The first-order valence-corrected chi connectivity index (χ1v) is 7.13. The van der Waals surface area contributed by atoms with Gasteiger partial charge in [-0.15, -0.1) is 6.58 Å². The Morgan fingerprint density at radius 3 is 2.57 bits per heavy atom. The number of benzene rings is 1. The molecule has 0 aliphatic heterocycles. The van der Waals surface area contributed by atoms with Crippen molar-refractivity contribution in [3.63, 3.8) is 0 Å². The standard InChI is InChI=1S/C17H25NO3/c1-5-11-20-13-15(12-14-9-7-6-8-10-14)18-16(19)21-17(2,3)4/h5-10,15H,1,11-13H2,2-4H3,(H,18,19)/t15-/m0/s1. The number of carbonyl (C=O) groups excluding carboxylic acids is 1. The molecule has 1 amide bonds. The van der Waals surface area contributed by atoms with Gasteiger partial charge in [0, 0.05) is 0 Å². The van der Waals surface area contributed by atoms with Crippen molar-refractivity contribution in [2.45, 2.75) is 38.8 Å². The van der Waals surface area contributed by atoms with Crippen LogP contribution in [0.15, 0.2) is 43.0 Å². The van der Waals surface area contributed by atoms with E-state index in [0.717, 1.165) is 5.56 Å². The smallest absolute Gasteiger partial charge is 0.407 e. The third kappa shape index (κ3) is 8.15. The number of amides is 1. The van der Waals surface area contributed by atoms with Crippen molar-refractivity contribution in [1.29, 1.82) is 0 Å². The topological polar surface area (TPSA) is 47.6 Å². The summed E-state index contributed by atoms with van der Waals surface area (Å²) in [4.78, 5) is 11.9. The summed E-state index contributed by atoms with van der Waals surface area (Å²) in [5.74, 6) is 0. The zero-order chi connectivity index (χ0) is 15.7. The normalized spacial score (nSPS) is 12.5. The van der Waals surface area contributed by atoms with E-state index in [9.17, 15) is 4.79 Å². The van der Waals surface area contributed by atoms with Crippen molar-refractivity contribution in [1.82, 2.24) is 5.32 Å². The molecule has 4 nitrogen and oxygen atoms in total. The maximum absolute atomic E-state index is 11.9. The Labute approximate surface area is 127 Å². The van der Waals surface area contributed by atoms with Crippen molar-refractivity contribution in [2.75, 3.05) is 13.2 Å². The molecule has 0 fully saturated rings. The third-order valence-corrected chi connectivity index (χ3v) is 2.60. The van der Waals surface area contributed by atoms with Crippen LogP contribution in [0.25, 0.3) is 0 Å². The summed E-state index contributed by atoms with van der Waals surface area (Å²) in [7, 11) is 0. The van der Waals surface area contributed by atoms with Gasteiger partial charge in [0.25, 0.3) is 0 Å². The highest BCUT2D eigenvalue weighted by atomic mass is 16.6. The van der Waals surface area contributed by atoms with Crippen LogP contribution in [0.1, 0.15) is 26.3 Å². The lowest BCUT2D eigenvalue weighted by Crippen LogP contribution is -2.42. The van der Waals surface area contributed by atoms with Gasteiger partial charge in [-0.1, -0.05) is 36.4 Å². The lowest BCUT2D eigenvalue weighted by atomic mass is 10.1. The lowest BCUT2D eigenvalue weighted by molar-refractivity contribution is 0.0457. The predicted molar refractivity (Wildman–Crippen MR) is 84.3 cm³/mol. The molecular weight excluding hydrogens is 266 g/mol. The van der Waals surface area contributed by atoms with E-state index in [1.54, 1.807) is 6.08 Å². The molecule has 0 bridgehead atoms. The van der Waals surface area contributed by atoms with Crippen LogP contribution in [0.4, 0.5) is 4.79 Å². The zero-order valence-corrected chi connectivity index (χ0v) is 13.1. The summed E-state index contributed by atoms with van der Waals surface area (Å²) in [6.07, 6.45) is 1.95. The van der Waals surface area contributed by atoms with Gasteiger partial charge in [-0.05, 0) is 32.8 Å². The Balaban J connectivity index is 2.59. The number of hydrogen-bond acceptors (Lipinski definition) is 3. The first-order valence-electron chi connectivity index (χ1n) is 7.13. The van der Waals surface area contributed by atoms with Gasteiger partial charge in [-0.25, -0.2) is 4.79 Å². The average molecular weight is 291 g/mol. The highest BCUT2D eigenvalue weighted by Crippen LogP contribution is 2.08. The number of hydrogen-bond donors (Lipinski definition) is 1. The molecule has 1 rings (SSSR count). The highest BCUT2D eigenvalue weighted by molar-refractivity contribution is 5.68. The van der Waals surface area contributed by atoms with Crippen LogP contribution < -0.4 is 5.32 Å². The van der Waals surface area contributed by atoms with Gasteiger partial charge >= 0.3 is 6.09 Å². The molecule has 4 heteroatoms. The number of alkyl carbamates (subject to hydrolysis) is 1. The first kappa shape index (κ1) is 17.2. The fraction of sp³-hybridized carbons (Fsp3) is 0.471. The molecule has 0 unspecified atom stereocenters. The molecule has 0 aromatic heterocycles. The van der Waals surface area contributed by atoms with Gasteiger partial charge in [0.2, 0.25) is 0 Å². The Morgan fingerprint density at radius 1 is 1.33 bits per heavy atom. The van der Waals surface area contributed by atoms with E-state index in [-0.39, 0.29) is 6.04 Å². The quantitative estimate of drug-likeness (QED) is 0.619. The minimum atomic E-state index is -0.511. The van der Waals surface area contributed by atoms with Crippen LogP contribution in [-0.4, -0.2) is 30.9 Å². The highest BCUT2D eigenvalue weighted by Gasteiger charge is 2.19. The number of carbonyl (C=O) groups is 1. The minimum absolute atomic E-state index is 0.137. The van der Waals surface area contributed by atoms with Crippen molar-refractivity contribution in [3.8, 4) is 0 Å². The van der Waals surface area contributed by atoms with E-state index >= 15 is 0 Å². The molecule has 1 atom stereocenters. The Bertz CT molecular complexity index is 437. The summed E-state index contributed by atoms with van der Waals surface area (Å²) < 4.78 is 10.7. The van der Waals surface area contributed by atoms with Gasteiger partial charge < -0.3 is 14.8 Å². The van der Waals surface area contributed by atoms with E-state index in [1.165, 1.54) is 0 Å². The van der Waals surface area contributed by atoms with E-state index < -0.39 is 11.7 Å². The second-order valence-electron chi connectivity index (χ2n) is 5.86. The van der Waals surface area contributed by atoms with Crippen LogP contribution in [-0.2, 0) is 15.9 Å². The monoisotopic (exact) mass is 291 g/mol. The third-order valence-electron chi connectivity index (χ3n) is 2.60. The Morgan fingerprint density at radius 2 is 2.00 bits per heavy atom. The summed E-state index contributed by atoms with van der Waals surface area (Å²) >= 11 is 0. The van der Waals surface area contributed by atoms with Gasteiger partial charge in [-0.3, -0.25) is 0 Å². The second-order valence-corrected chi connectivity index (χ2v) is 5.86. The maximum Gasteiger partial charge on any atom is 0.407 e. The van der Waals surface area contributed by atoms with E-state index in [0.29, 0.717) is 19.6 Å². The fourth-order valence-corrected chi connectivity index (χ4v) is 1.82. The molecule has 0 aliphatic carbocycles. The van der Waals surface area contributed by atoms with Crippen LogP contribution in [0, 0.1) is 0 Å². The summed E-state index contributed by atoms with van der Waals surface area (Å²) in [5, 5.41) is 2.86. The average Bonchev–Trinajstić information content (AvgIpc) is 2.37. The second kappa shape index (κ2) is 8.47. The SMILES string of the molecule is C=CCOC[C@H](Cc1ccccc1)NC(=O)OC(C)(C)C. The molecule has 0 aliphatic rings. The molecule has 21 heavy (non-hydrogen) atoms. The van der Waals surface area contributed by atoms with Gasteiger partial charge in [0.05, 0.1) is 19.3 Å². The Hall–Kier alpha value is -1.81. The summed E-state index contributed by atoms with van der Waals surface area (Å²) in [6.45, 7) is 10.0. The summed E-state index contributed by atoms with van der Waals surface area (Å²) in [5.41, 5.74) is 0.629. The van der Waals surface area contributed by atoms with E-state index in [2.05, 4.69) is 11.9 Å². The van der Waals surface area contributed by atoms with E-state index in [4.69, 9.17) is 9.47 Å². The first-order chi connectivity index (χ1) is 9.90. The largest absolute Gasteiger partial charge is 0.444 e. The summed E-state index contributed by atoms with van der Waals surface area (Å²) in [6, 6.07) is 9.83. The number of rotatable bonds is 7. The van der Waals surface area contributed by atoms with Crippen molar-refractivity contribution < 1.29 is 14.3 Å². The van der Waals surface area contributed by atoms with Crippen LogP contribution in [0.5, 0.6) is 0 Å². The predicted octanol–water partition coefficient (Wildman–Crippen LogP) is 3.33. The zero-order valence-electron chi connectivity index (χ0n) is 13.1. The molecular formula is C17H25NO3. The molecule has 1 N–H and O–H groups in total. The number of ether oxygens (including phenoxy) is 2. The van der Waals surface area contributed by atoms with Crippen LogP contribution in [0.2, 0.25) is 0 Å².